The average molecular weight is 379 g/mol. The van der Waals surface area contributed by atoms with Crippen LogP contribution in [0.2, 0.25) is 0 Å². The minimum Gasteiger partial charge on any atom is -0.497 e. The third kappa shape index (κ3) is 6.08. The summed E-state index contributed by atoms with van der Waals surface area (Å²) in [6.07, 6.45) is 0. The molecule has 1 amide bonds. The second kappa shape index (κ2) is 9.69. The molecule has 0 saturated heterocycles. The number of rotatable bonds is 8. The molecule has 0 heterocycles. The Labute approximate surface area is 163 Å². The zero-order valence-electron chi connectivity index (χ0n) is 15.1. The molecule has 4 nitrogen and oxygen atoms in total. The van der Waals surface area contributed by atoms with E-state index in [9.17, 15) is 4.79 Å². The van der Waals surface area contributed by atoms with Gasteiger partial charge in [-0.1, -0.05) is 36.4 Å². The molecule has 3 aromatic carbocycles. The van der Waals surface area contributed by atoms with Crippen LogP contribution in [0.4, 0.5) is 5.69 Å². The van der Waals surface area contributed by atoms with Crippen LogP contribution in [0.5, 0.6) is 11.5 Å². The molecule has 27 heavy (non-hydrogen) atoms. The Bertz CT molecular complexity index is 866. The van der Waals surface area contributed by atoms with Gasteiger partial charge in [-0.05, 0) is 42.0 Å². The molecule has 3 rings (SSSR count). The molecule has 3 aromatic rings. The van der Waals surface area contributed by atoms with Crippen LogP contribution in [0.25, 0.3) is 0 Å². The van der Waals surface area contributed by atoms with E-state index in [0.717, 1.165) is 11.4 Å². The highest BCUT2D eigenvalue weighted by Gasteiger charge is 2.05. The summed E-state index contributed by atoms with van der Waals surface area (Å²) in [5.74, 6) is 1.97. The van der Waals surface area contributed by atoms with Gasteiger partial charge in [0, 0.05) is 22.4 Å². The normalized spacial score (nSPS) is 10.3. The zero-order chi connectivity index (χ0) is 18.9. The van der Waals surface area contributed by atoms with Crippen LogP contribution in [0.1, 0.15) is 5.56 Å². The second-order valence-electron chi connectivity index (χ2n) is 5.81. The van der Waals surface area contributed by atoms with E-state index in [0.29, 0.717) is 11.5 Å². The van der Waals surface area contributed by atoms with Crippen LogP contribution in [-0.4, -0.2) is 19.6 Å². The first-order valence-electron chi connectivity index (χ1n) is 8.56. The molecule has 0 spiro atoms. The van der Waals surface area contributed by atoms with Crippen molar-refractivity contribution in [1.82, 2.24) is 0 Å². The minimum atomic E-state index is -0.204. The summed E-state index contributed by atoms with van der Waals surface area (Å²) < 4.78 is 10.6. The van der Waals surface area contributed by atoms with E-state index in [-0.39, 0.29) is 12.5 Å². The van der Waals surface area contributed by atoms with E-state index in [4.69, 9.17) is 9.47 Å². The Morgan fingerprint density at radius 1 is 0.926 bits per heavy atom. The van der Waals surface area contributed by atoms with Gasteiger partial charge in [-0.25, -0.2) is 0 Å². The number of nitrogens with one attached hydrogen (secondary N) is 1. The quantitative estimate of drug-likeness (QED) is 0.559. The van der Waals surface area contributed by atoms with E-state index in [1.165, 1.54) is 10.5 Å². The fraction of sp³-hybridized carbons (Fsp3) is 0.136. The number of amides is 1. The summed E-state index contributed by atoms with van der Waals surface area (Å²) in [5, 5.41) is 2.84. The van der Waals surface area contributed by atoms with Crippen molar-refractivity contribution in [2.45, 2.75) is 10.6 Å². The van der Waals surface area contributed by atoms with E-state index in [1.54, 1.807) is 31.0 Å². The third-order valence-corrected chi connectivity index (χ3v) is 4.88. The van der Waals surface area contributed by atoms with Crippen LogP contribution in [-0.2, 0) is 10.5 Å². The maximum Gasteiger partial charge on any atom is 0.262 e. The fourth-order valence-corrected chi connectivity index (χ4v) is 3.28. The van der Waals surface area contributed by atoms with Crippen molar-refractivity contribution >= 4 is 23.4 Å². The van der Waals surface area contributed by atoms with Gasteiger partial charge in [0.15, 0.2) is 6.61 Å². The Morgan fingerprint density at radius 2 is 1.67 bits per heavy atom. The predicted octanol–water partition coefficient (Wildman–Crippen LogP) is 5.01. The molecule has 0 saturated carbocycles. The Hall–Kier alpha value is -2.92. The molecule has 138 valence electrons. The van der Waals surface area contributed by atoms with Crippen LogP contribution < -0.4 is 14.8 Å². The number of hydrogen-bond acceptors (Lipinski definition) is 4. The highest BCUT2D eigenvalue weighted by molar-refractivity contribution is 7.98. The van der Waals surface area contributed by atoms with Crippen molar-refractivity contribution in [1.29, 1.82) is 0 Å². The first kappa shape index (κ1) is 18.9. The number of anilines is 1. The first-order valence-corrected chi connectivity index (χ1v) is 9.55. The number of benzene rings is 3. The number of carbonyl (C=O) groups excluding carboxylic acids is 1. The van der Waals surface area contributed by atoms with E-state index in [2.05, 4.69) is 17.4 Å². The number of ether oxygens (including phenoxy) is 2. The van der Waals surface area contributed by atoms with Gasteiger partial charge in [-0.2, -0.15) is 0 Å². The second-order valence-corrected chi connectivity index (χ2v) is 6.86. The maximum absolute atomic E-state index is 12.1. The maximum atomic E-state index is 12.1. The third-order valence-electron chi connectivity index (χ3n) is 3.80. The molecular weight excluding hydrogens is 358 g/mol. The molecule has 0 aromatic heterocycles. The summed E-state index contributed by atoms with van der Waals surface area (Å²) >= 11 is 1.78. The van der Waals surface area contributed by atoms with Gasteiger partial charge in [0.25, 0.3) is 5.91 Å². The van der Waals surface area contributed by atoms with Crippen molar-refractivity contribution in [3.63, 3.8) is 0 Å². The van der Waals surface area contributed by atoms with E-state index >= 15 is 0 Å². The molecule has 1 N–H and O–H groups in total. The Kier molecular flexibility index (Phi) is 6.77. The summed E-state index contributed by atoms with van der Waals surface area (Å²) in [4.78, 5) is 13.3. The van der Waals surface area contributed by atoms with Gasteiger partial charge < -0.3 is 14.8 Å². The smallest absolute Gasteiger partial charge is 0.262 e. The van der Waals surface area contributed by atoms with Gasteiger partial charge in [0.05, 0.1) is 7.11 Å². The van der Waals surface area contributed by atoms with Gasteiger partial charge in [0.1, 0.15) is 11.5 Å². The molecular formula is C22H21NO3S. The predicted molar refractivity (Wildman–Crippen MR) is 110 cm³/mol. The topological polar surface area (TPSA) is 47.6 Å². The highest BCUT2D eigenvalue weighted by Crippen LogP contribution is 2.23. The molecule has 0 aliphatic rings. The van der Waals surface area contributed by atoms with Gasteiger partial charge in [-0.3, -0.25) is 4.79 Å². The minimum absolute atomic E-state index is 0.0568. The monoisotopic (exact) mass is 379 g/mol. The molecule has 0 atom stereocenters. The lowest BCUT2D eigenvalue weighted by molar-refractivity contribution is -0.118. The highest BCUT2D eigenvalue weighted by atomic mass is 32.2. The molecule has 0 unspecified atom stereocenters. The van der Waals surface area contributed by atoms with Crippen molar-refractivity contribution in [2.75, 3.05) is 19.0 Å². The van der Waals surface area contributed by atoms with Crippen molar-refractivity contribution in [3.8, 4) is 11.5 Å². The lowest BCUT2D eigenvalue weighted by Gasteiger charge is -2.09. The van der Waals surface area contributed by atoms with Crippen LogP contribution in [0.3, 0.4) is 0 Å². The average Bonchev–Trinajstić information content (AvgIpc) is 2.73. The SMILES string of the molecule is COc1cccc(OCC(=O)Nc2ccc(CSc3ccccc3)cc2)c1. The van der Waals surface area contributed by atoms with Crippen LogP contribution in [0, 0.1) is 0 Å². The lowest BCUT2D eigenvalue weighted by Crippen LogP contribution is -2.20. The van der Waals surface area contributed by atoms with E-state index < -0.39 is 0 Å². The standard InChI is InChI=1S/C22H21NO3S/c1-25-19-6-5-7-20(14-19)26-15-22(24)23-18-12-10-17(11-13-18)16-27-21-8-3-2-4-9-21/h2-14H,15-16H2,1H3,(H,23,24). The number of methoxy groups -OCH3 is 1. The van der Waals surface area contributed by atoms with Crippen molar-refractivity contribution in [3.05, 3.63) is 84.4 Å². The Morgan fingerprint density at radius 3 is 2.41 bits per heavy atom. The number of carbonyl (C=O) groups is 1. The lowest BCUT2D eigenvalue weighted by atomic mass is 10.2. The largest absolute Gasteiger partial charge is 0.497 e. The van der Waals surface area contributed by atoms with Gasteiger partial charge in [-0.15, -0.1) is 11.8 Å². The van der Waals surface area contributed by atoms with Gasteiger partial charge in [0.2, 0.25) is 0 Å². The van der Waals surface area contributed by atoms with Gasteiger partial charge >= 0.3 is 0 Å². The van der Waals surface area contributed by atoms with E-state index in [1.807, 2.05) is 54.6 Å². The van der Waals surface area contributed by atoms with Crippen LogP contribution in [0.15, 0.2) is 83.8 Å². The fourth-order valence-electron chi connectivity index (χ4n) is 2.40. The van der Waals surface area contributed by atoms with Crippen molar-refractivity contribution < 1.29 is 14.3 Å². The zero-order valence-corrected chi connectivity index (χ0v) is 15.9. The molecule has 5 heteroatoms. The summed E-state index contributed by atoms with van der Waals surface area (Å²) in [6, 6.07) is 25.3. The number of hydrogen-bond donors (Lipinski definition) is 1. The summed E-state index contributed by atoms with van der Waals surface area (Å²) in [5.41, 5.74) is 1.96. The summed E-state index contributed by atoms with van der Waals surface area (Å²) in [7, 11) is 1.59. The molecule has 0 radical (unpaired) electrons. The first-order chi connectivity index (χ1) is 13.2. The molecule has 0 bridgehead atoms. The van der Waals surface area contributed by atoms with Crippen molar-refractivity contribution in [2.24, 2.45) is 0 Å². The Balaban J connectivity index is 1.46. The summed E-state index contributed by atoms with van der Waals surface area (Å²) in [6.45, 7) is -0.0568. The molecule has 0 aliphatic carbocycles. The molecule has 0 aliphatic heterocycles. The number of thioether (sulfide) groups is 1. The molecule has 0 fully saturated rings. The van der Waals surface area contributed by atoms with Crippen LogP contribution >= 0.6 is 11.8 Å².